The third-order valence-electron chi connectivity index (χ3n) is 4.54. The maximum Gasteiger partial charge on any atom is 0.227 e. The number of piperidine rings is 1. The van der Waals surface area contributed by atoms with Crippen molar-refractivity contribution in [2.45, 2.75) is 25.9 Å². The Balaban J connectivity index is 1.57. The fourth-order valence-corrected chi connectivity index (χ4v) is 4.86. The Morgan fingerprint density at radius 3 is 3.00 bits per heavy atom. The molecule has 1 saturated heterocycles. The highest BCUT2D eigenvalue weighted by molar-refractivity contribution is 9.10. The summed E-state index contributed by atoms with van der Waals surface area (Å²) in [5.74, 6) is 0.0214. The van der Waals surface area contributed by atoms with Gasteiger partial charge in [-0.3, -0.25) is 9.69 Å². The number of thiophene rings is 1. The van der Waals surface area contributed by atoms with Crippen molar-refractivity contribution in [3.63, 3.8) is 0 Å². The fourth-order valence-electron chi connectivity index (χ4n) is 3.35. The second kappa shape index (κ2) is 8.43. The molecule has 0 spiro atoms. The summed E-state index contributed by atoms with van der Waals surface area (Å²) in [5.41, 5.74) is 0.963. The Labute approximate surface area is 160 Å². The molecule has 2 aromatic rings. The van der Waals surface area contributed by atoms with Gasteiger partial charge in [-0.05, 0) is 59.1 Å². The number of carbonyl (C=O) groups is 1. The van der Waals surface area contributed by atoms with Gasteiger partial charge < -0.3 is 4.90 Å². The SMILES string of the molecule is CN(Cc1cc(Br)cs1)C(=O)C1CCCN(Cc2cccc(F)c2)C1. The van der Waals surface area contributed by atoms with Gasteiger partial charge in [0.2, 0.25) is 5.91 Å². The summed E-state index contributed by atoms with van der Waals surface area (Å²) in [7, 11) is 1.88. The van der Waals surface area contributed by atoms with Crippen LogP contribution in [0.2, 0.25) is 0 Å². The first-order valence-electron chi connectivity index (χ1n) is 8.46. The second-order valence-electron chi connectivity index (χ2n) is 6.63. The Morgan fingerprint density at radius 1 is 1.44 bits per heavy atom. The van der Waals surface area contributed by atoms with Crippen LogP contribution in [-0.2, 0) is 17.9 Å². The molecule has 0 saturated carbocycles. The van der Waals surface area contributed by atoms with Crippen molar-refractivity contribution in [1.29, 1.82) is 0 Å². The lowest BCUT2D eigenvalue weighted by molar-refractivity contribution is -0.136. The minimum absolute atomic E-state index is 0.0238. The van der Waals surface area contributed by atoms with Gasteiger partial charge in [-0.15, -0.1) is 11.3 Å². The van der Waals surface area contributed by atoms with Crippen LogP contribution in [0.1, 0.15) is 23.3 Å². The van der Waals surface area contributed by atoms with Crippen LogP contribution in [0.25, 0.3) is 0 Å². The van der Waals surface area contributed by atoms with Gasteiger partial charge in [0, 0.05) is 34.9 Å². The summed E-state index contributed by atoms with van der Waals surface area (Å²) >= 11 is 5.11. The average molecular weight is 425 g/mol. The minimum Gasteiger partial charge on any atom is -0.340 e. The van der Waals surface area contributed by atoms with Crippen molar-refractivity contribution in [2.75, 3.05) is 20.1 Å². The number of halogens is 2. The molecule has 1 aliphatic heterocycles. The highest BCUT2D eigenvalue weighted by Crippen LogP contribution is 2.24. The number of hydrogen-bond donors (Lipinski definition) is 0. The Bertz CT molecular complexity index is 736. The van der Waals surface area contributed by atoms with E-state index in [1.54, 1.807) is 23.5 Å². The van der Waals surface area contributed by atoms with Crippen LogP contribution >= 0.6 is 27.3 Å². The molecule has 1 fully saturated rings. The molecule has 1 amide bonds. The lowest BCUT2D eigenvalue weighted by Crippen LogP contribution is -2.43. The van der Waals surface area contributed by atoms with E-state index in [-0.39, 0.29) is 17.6 Å². The van der Waals surface area contributed by atoms with E-state index in [9.17, 15) is 9.18 Å². The van der Waals surface area contributed by atoms with Gasteiger partial charge >= 0.3 is 0 Å². The Morgan fingerprint density at radius 2 is 2.28 bits per heavy atom. The predicted octanol–water partition coefficient (Wildman–Crippen LogP) is 4.52. The molecule has 6 heteroatoms. The number of hydrogen-bond acceptors (Lipinski definition) is 3. The maximum atomic E-state index is 13.4. The predicted molar refractivity (Wildman–Crippen MR) is 103 cm³/mol. The van der Waals surface area contributed by atoms with Gasteiger partial charge in [0.05, 0.1) is 12.5 Å². The van der Waals surface area contributed by atoms with E-state index in [2.05, 4.69) is 26.9 Å². The molecule has 0 bridgehead atoms. The largest absolute Gasteiger partial charge is 0.340 e. The van der Waals surface area contributed by atoms with E-state index < -0.39 is 0 Å². The normalized spacial score (nSPS) is 18.3. The molecule has 3 rings (SSSR count). The van der Waals surface area contributed by atoms with Crippen molar-refractivity contribution in [3.05, 3.63) is 56.4 Å². The zero-order valence-electron chi connectivity index (χ0n) is 14.3. The molecular weight excluding hydrogens is 403 g/mol. The van der Waals surface area contributed by atoms with Gasteiger partial charge in [-0.25, -0.2) is 4.39 Å². The van der Waals surface area contributed by atoms with E-state index >= 15 is 0 Å². The van der Waals surface area contributed by atoms with Gasteiger partial charge in [0.1, 0.15) is 5.82 Å². The molecule has 0 aliphatic carbocycles. The van der Waals surface area contributed by atoms with Crippen LogP contribution in [0, 0.1) is 11.7 Å². The minimum atomic E-state index is -0.205. The molecule has 134 valence electrons. The van der Waals surface area contributed by atoms with Crippen LogP contribution in [-0.4, -0.2) is 35.8 Å². The van der Waals surface area contributed by atoms with Crippen molar-refractivity contribution in [3.8, 4) is 0 Å². The lowest BCUT2D eigenvalue weighted by atomic mass is 9.96. The van der Waals surface area contributed by atoms with Gasteiger partial charge in [-0.1, -0.05) is 12.1 Å². The topological polar surface area (TPSA) is 23.6 Å². The van der Waals surface area contributed by atoms with E-state index in [1.165, 1.54) is 10.9 Å². The summed E-state index contributed by atoms with van der Waals surface area (Å²) < 4.78 is 14.4. The van der Waals surface area contributed by atoms with E-state index in [1.807, 2.05) is 23.4 Å². The number of rotatable bonds is 5. The highest BCUT2D eigenvalue weighted by atomic mass is 79.9. The Kier molecular flexibility index (Phi) is 6.25. The van der Waals surface area contributed by atoms with E-state index in [0.29, 0.717) is 13.1 Å². The molecular formula is C19H22BrFN2OS. The third-order valence-corrected chi connectivity index (χ3v) is 6.22. The molecule has 3 nitrogen and oxygen atoms in total. The first-order valence-corrected chi connectivity index (χ1v) is 10.1. The fraction of sp³-hybridized carbons (Fsp3) is 0.421. The molecule has 2 heterocycles. The highest BCUT2D eigenvalue weighted by Gasteiger charge is 2.28. The number of carbonyl (C=O) groups excluding carboxylic acids is 1. The average Bonchev–Trinajstić information content (AvgIpc) is 2.99. The second-order valence-corrected chi connectivity index (χ2v) is 8.54. The summed E-state index contributed by atoms with van der Waals surface area (Å²) in [6, 6.07) is 8.78. The van der Waals surface area contributed by atoms with E-state index in [0.717, 1.165) is 36.0 Å². The Hall–Kier alpha value is -1.24. The molecule has 1 unspecified atom stereocenters. The molecule has 25 heavy (non-hydrogen) atoms. The number of amides is 1. The number of benzene rings is 1. The zero-order valence-corrected chi connectivity index (χ0v) is 16.7. The van der Waals surface area contributed by atoms with Crippen molar-refractivity contribution < 1.29 is 9.18 Å². The van der Waals surface area contributed by atoms with Gasteiger partial charge in [-0.2, -0.15) is 0 Å². The zero-order chi connectivity index (χ0) is 17.8. The summed E-state index contributed by atoms with van der Waals surface area (Å²) in [6.07, 6.45) is 1.93. The van der Waals surface area contributed by atoms with Gasteiger partial charge in [0.25, 0.3) is 0 Å². The van der Waals surface area contributed by atoms with E-state index in [4.69, 9.17) is 0 Å². The summed E-state index contributed by atoms with van der Waals surface area (Å²) in [4.78, 5) is 18.1. The van der Waals surface area contributed by atoms with Crippen LogP contribution in [0.15, 0.2) is 40.2 Å². The first-order chi connectivity index (χ1) is 12.0. The first kappa shape index (κ1) is 18.5. The maximum absolute atomic E-state index is 13.4. The standard InChI is InChI=1S/C19H22BrFN2OS/c1-22(12-18-9-16(20)13-25-18)19(24)15-5-3-7-23(11-15)10-14-4-2-6-17(21)8-14/h2,4,6,8-9,13,15H,3,5,7,10-12H2,1H3. The molecule has 1 atom stereocenters. The molecule has 0 radical (unpaired) electrons. The monoisotopic (exact) mass is 424 g/mol. The molecule has 1 aromatic carbocycles. The lowest BCUT2D eigenvalue weighted by Gasteiger charge is -2.34. The van der Waals surface area contributed by atoms with Crippen molar-refractivity contribution in [2.24, 2.45) is 5.92 Å². The van der Waals surface area contributed by atoms with Crippen LogP contribution in [0.3, 0.4) is 0 Å². The summed E-state index contributed by atoms with van der Waals surface area (Å²) in [5, 5.41) is 2.04. The molecule has 0 N–H and O–H groups in total. The van der Waals surface area contributed by atoms with Crippen molar-refractivity contribution in [1.82, 2.24) is 9.80 Å². The number of nitrogens with zero attached hydrogens (tertiary/aromatic N) is 2. The molecule has 1 aromatic heterocycles. The van der Waals surface area contributed by atoms with Crippen LogP contribution in [0.4, 0.5) is 4.39 Å². The third kappa shape index (κ3) is 5.12. The van der Waals surface area contributed by atoms with Crippen molar-refractivity contribution >= 4 is 33.2 Å². The van der Waals surface area contributed by atoms with Gasteiger partial charge in [0.15, 0.2) is 0 Å². The van der Waals surface area contributed by atoms with Crippen LogP contribution in [0.5, 0.6) is 0 Å². The quantitative estimate of drug-likeness (QED) is 0.704. The number of likely N-dealkylation sites (tertiary alicyclic amines) is 1. The molecule has 1 aliphatic rings. The van der Waals surface area contributed by atoms with Crippen LogP contribution < -0.4 is 0 Å². The summed E-state index contributed by atoms with van der Waals surface area (Å²) in [6.45, 7) is 3.05. The smallest absolute Gasteiger partial charge is 0.227 e.